The maximum Gasteiger partial charge on any atom is 0.326 e. The third-order valence-corrected chi connectivity index (χ3v) is 3.12. The zero-order valence-electron chi connectivity index (χ0n) is 10.3. The molecule has 7 nitrogen and oxygen atoms in total. The minimum Gasteiger partial charge on any atom is -0.481 e. The molecule has 2 atom stereocenters. The van der Waals surface area contributed by atoms with Gasteiger partial charge in [0, 0.05) is 13.1 Å². The first-order valence-electron chi connectivity index (χ1n) is 5.94. The molecule has 1 saturated heterocycles. The summed E-state index contributed by atoms with van der Waals surface area (Å²) in [6, 6.07) is -1.88. The molecule has 1 heterocycles. The van der Waals surface area contributed by atoms with Gasteiger partial charge in [0.25, 0.3) is 0 Å². The molecule has 0 aromatic carbocycles. The number of carboxylic acid groups (broad SMARTS) is 2. The van der Waals surface area contributed by atoms with Gasteiger partial charge in [-0.25, -0.2) is 9.59 Å². The molecule has 7 heteroatoms. The number of hydrogen-bond donors (Lipinski definition) is 3. The average Bonchev–Trinajstić information content (AvgIpc) is 2.75. The Morgan fingerprint density at radius 3 is 2.50 bits per heavy atom. The number of carboxylic acids is 2. The predicted octanol–water partition coefficient (Wildman–Crippen LogP) is 0.356. The van der Waals surface area contributed by atoms with Gasteiger partial charge in [-0.1, -0.05) is 13.3 Å². The lowest BCUT2D eigenvalue weighted by molar-refractivity contribution is -0.145. The van der Waals surface area contributed by atoms with E-state index in [0.29, 0.717) is 19.0 Å². The largest absolute Gasteiger partial charge is 0.481 e. The highest BCUT2D eigenvalue weighted by Crippen LogP contribution is 2.18. The van der Waals surface area contributed by atoms with Crippen LogP contribution >= 0.6 is 0 Å². The lowest BCUT2D eigenvalue weighted by atomic mass is 10.1. The summed E-state index contributed by atoms with van der Waals surface area (Å²) < 4.78 is 0. The summed E-state index contributed by atoms with van der Waals surface area (Å²) in [5.74, 6) is -2.15. The zero-order chi connectivity index (χ0) is 13.7. The van der Waals surface area contributed by atoms with E-state index in [4.69, 9.17) is 10.2 Å². The van der Waals surface area contributed by atoms with Crippen molar-refractivity contribution in [2.45, 2.75) is 32.2 Å². The van der Waals surface area contributed by atoms with Crippen LogP contribution in [0.1, 0.15) is 26.2 Å². The van der Waals surface area contributed by atoms with Gasteiger partial charge >= 0.3 is 18.0 Å². The normalized spacial score (nSPS) is 20.5. The first-order chi connectivity index (χ1) is 8.43. The summed E-state index contributed by atoms with van der Waals surface area (Å²) in [5, 5.41) is 19.6. The maximum atomic E-state index is 11.8. The molecule has 0 aromatic heterocycles. The van der Waals surface area contributed by atoms with E-state index < -0.39 is 30.4 Å². The lowest BCUT2D eigenvalue weighted by Crippen LogP contribution is -2.48. The highest BCUT2D eigenvalue weighted by atomic mass is 16.4. The molecule has 1 aliphatic rings. The fourth-order valence-electron chi connectivity index (χ4n) is 1.97. The molecule has 0 saturated carbocycles. The molecule has 0 aliphatic carbocycles. The second-order valence-electron chi connectivity index (χ2n) is 4.45. The Morgan fingerprint density at radius 1 is 1.39 bits per heavy atom. The van der Waals surface area contributed by atoms with Gasteiger partial charge in [0.15, 0.2) is 0 Å². The van der Waals surface area contributed by atoms with Crippen LogP contribution in [-0.2, 0) is 9.59 Å². The fourth-order valence-corrected chi connectivity index (χ4v) is 1.97. The van der Waals surface area contributed by atoms with Crippen molar-refractivity contribution in [1.29, 1.82) is 0 Å². The number of nitrogens with one attached hydrogen (secondary N) is 1. The minimum atomic E-state index is -1.38. The Hall–Kier alpha value is -1.79. The van der Waals surface area contributed by atoms with Crippen molar-refractivity contribution in [2.75, 3.05) is 13.1 Å². The Bertz CT molecular complexity index is 344. The van der Waals surface area contributed by atoms with Crippen molar-refractivity contribution in [3.05, 3.63) is 0 Å². The molecule has 1 rings (SSSR count). The third-order valence-electron chi connectivity index (χ3n) is 3.12. The standard InChI is InChI=1S/C11H18N2O5/c1-2-7-3-4-13(6-7)11(18)12-8(10(16)17)5-9(14)15/h7-8H,2-6H2,1H3,(H,12,18)(H,14,15)(H,16,17)/t7?,8-/m0/s1. The van der Waals surface area contributed by atoms with Gasteiger partial charge in [-0.3, -0.25) is 4.79 Å². The van der Waals surface area contributed by atoms with Crippen LogP contribution in [0, 0.1) is 5.92 Å². The molecule has 3 N–H and O–H groups in total. The van der Waals surface area contributed by atoms with E-state index in [1.165, 1.54) is 4.90 Å². The highest BCUT2D eigenvalue weighted by Gasteiger charge is 2.29. The van der Waals surface area contributed by atoms with Crippen LogP contribution in [0.25, 0.3) is 0 Å². The molecule has 18 heavy (non-hydrogen) atoms. The van der Waals surface area contributed by atoms with Gasteiger partial charge in [0.1, 0.15) is 6.04 Å². The molecule has 2 amide bonds. The van der Waals surface area contributed by atoms with Crippen molar-refractivity contribution >= 4 is 18.0 Å². The highest BCUT2D eigenvalue weighted by molar-refractivity contribution is 5.86. The zero-order valence-corrected chi connectivity index (χ0v) is 10.3. The topological polar surface area (TPSA) is 107 Å². The van der Waals surface area contributed by atoms with Crippen molar-refractivity contribution in [1.82, 2.24) is 10.2 Å². The van der Waals surface area contributed by atoms with Gasteiger partial charge in [-0.05, 0) is 12.3 Å². The number of rotatable bonds is 5. The summed E-state index contributed by atoms with van der Waals surface area (Å²) in [6.07, 6.45) is 1.26. The Morgan fingerprint density at radius 2 is 2.06 bits per heavy atom. The maximum absolute atomic E-state index is 11.8. The van der Waals surface area contributed by atoms with E-state index in [2.05, 4.69) is 5.32 Å². The summed E-state index contributed by atoms with van der Waals surface area (Å²) in [5.41, 5.74) is 0. The van der Waals surface area contributed by atoms with Crippen molar-refractivity contribution in [3.63, 3.8) is 0 Å². The Balaban J connectivity index is 2.51. The van der Waals surface area contributed by atoms with Crippen LogP contribution in [0.4, 0.5) is 4.79 Å². The predicted molar refractivity (Wildman–Crippen MR) is 62.2 cm³/mol. The van der Waals surface area contributed by atoms with Gasteiger partial charge < -0.3 is 20.4 Å². The van der Waals surface area contributed by atoms with Gasteiger partial charge in [-0.15, -0.1) is 0 Å². The molecule has 0 bridgehead atoms. The SMILES string of the molecule is CCC1CCN(C(=O)N[C@@H](CC(=O)O)C(=O)O)C1. The van der Waals surface area contributed by atoms with E-state index in [-0.39, 0.29) is 0 Å². The second-order valence-corrected chi connectivity index (χ2v) is 4.45. The Labute approximate surface area is 105 Å². The quantitative estimate of drug-likeness (QED) is 0.659. The minimum absolute atomic E-state index is 0.443. The van der Waals surface area contributed by atoms with E-state index in [1.54, 1.807) is 0 Å². The molecule has 1 fully saturated rings. The smallest absolute Gasteiger partial charge is 0.326 e. The van der Waals surface area contributed by atoms with E-state index >= 15 is 0 Å². The Kier molecular flexibility index (Phi) is 4.94. The first-order valence-corrected chi connectivity index (χ1v) is 5.94. The number of aliphatic carboxylic acids is 2. The van der Waals surface area contributed by atoms with Gasteiger partial charge in [0.2, 0.25) is 0 Å². The van der Waals surface area contributed by atoms with Crippen LogP contribution in [0.5, 0.6) is 0 Å². The molecule has 1 aliphatic heterocycles. The average molecular weight is 258 g/mol. The van der Waals surface area contributed by atoms with Crippen molar-refractivity contribution in [2.24, 2.45) is 5.92 Å². The van der Waals surface area contributed by atoms with Crippen LogP contribution in [-0.4, -0.2) is 52.2 Å². The van der Waals surface area contributed by atoms with Crippen LogP contribution < -0.4 is 5.32 Å². The number of urea groups is 1. The number of carbonyl (C=O) groups is 3. The lowest BCUT2D eigenvalue weighted by Gasteiger charge is -2.20. The number of nitrogens with zero attached hydrogens (tertiary/aromatic N) is 1. The van der Waals surface area contributed by atoms with E-state index in [1.807, 2.05) is 6.92 Å². The summed E-state index contributed by atoms with van der Waals surface area (Å²) in [4.78, 5) is 34.6. The first kappa shape index (κ1) is 14.3. The molecule has 0 radical (unpaired) electrons. The van der Waals surface area contributed by atoms with E-state index in [9.17, 15) is 14.4 Å². The number of likely N-dealkylation sites (tertiary alicyclic amines) is 1. The van der Waals surface area contributed by atoms with Crippen molar-refractivity contribution in [3.8, 4) is 0 Å². The summed E-state index contributed by atoms with van der Waals surface area (Å²) in [6.45, 7) is 3.22. The summed E-state index contributed by atoms with van der Waals surface area (Å²) in [7, 11) is 0. The summed E-state index contributed by atoms with van der Waals surface area (Å²) >= 11 is 0. The molecule has 0 spiro atoms. The van der Waals surface area contributed by atoms with E-state index in [0.717, 1.165) is 12.8 Å². The molecular weight excluding hydrogens is 240 g/mol. The van der Waals surface area contributed by atoms with Crippen LogP contribution in [0.3, 0.4) is 0 Å². The molecule has 1 unspecified atom stereocenters. The number of amides is 2. The number of hydrogen-bond acceptors (Lipinski definition) is 3. The molecule has 0 aromatic rings. The number of carbonyl (C=O) groups excluding carboxylic acids is 1. The van der Waals surface area contributed by atoms with Gasteiger partial charge in [-0.2, -0.15) is 0 Å². The van der Waals surface area contributed by atoms with Crippen molar-refractivity contribution < 1.29 is 24.6 Å². The van der Waals surface area contributed by atoms with Gasteiger partial charge in [0.05, 0.1) is 6.42 Å². The second kappa shape index (κ2) is 6.23. The fraction of sp³-hybridized carbons (Fsp3) is 0.727. The molecular formula is C11H18N2O5. The third kappa shape index (κ3) is 3.90. The van der Waals surface area contributed by atoms with Crippen LogP contribution in [0.15, 0.2) is 0 Å². The van der Waals surface area contributed by atoms with Crippen LogP contribution in [0.2, 0.25) is 0 Å². The molecule has 102 valence electrons. The monoisotopic (exact) mass is 258 g/mol.